The molecule has 1 heterocycles. The lowest BCUT2D eigenvalue weighted by Crippen LogP contribution is -2.15. The number of hydrogen-bond acceptors (Lipinski definition) is 3. The molecule has 0 atom stereocenters. The Bertz CT molecular complexity index is 646. The number of aromatic amines is 1. The molecule has 1 amide bonds. The molecule has 1 aromatic carbocycles. The molecule has 6 heteroatoms. The zero-order valence-electron chi connectivity index (χ0n) is 10.5. The lowest BCUT2D eigenvalue weighted by Gasteiger charge is -2.05. The third-order valence-corrected chi connectivity index (χ3v) is 2.78. The van der Waals surface area contributed by atoms with Gasteiger partial charge in [0.05, 0.1) is 0 Å². The molecular weight excluding hydrogens is 246 g/mol. The highest BCUT2D eigenvalue weighted by atomic mass is 16.4. The van der Waals surface area contributed by atoms with Crippen LogP contribution < -0.4 is 5.32 Å². The van der Waals surface area contributed by atoms with E-state index in [2.05, 4.69) is 15.5 Å². The Morgan fingerprint density at radius 2 is 1.95 bits per heavy atom. The van der Waals surface area contributed by atoms with Crippen LogP contribution in [-0.2, 0) is 0 Å². The third-order valence-electron chi connectivity index (χ3n) is 2.78. The predicted octanol–water partition coefficient (Wildman–Crippen LogP) is 1.98. The second-order valence-electron chi connectivity index (χ2n) is 4.15. The van der Waals surface area contributed by atoms with E-state index in [1.165, 1.54) is 0 Å². The van der Waals surface area contributed by atoms with E-state index in [1.807, 2.05) is 19.1 Å². The van der Waals surface area contributed by atoms with Gasteiger partial charge in [-0.1, -0.05) is 18.2 Å². The maximum atomic E-state index is 12.1. The van der Waals surface area contributed by atoms with E-state index in [9.17, 15) is 9.59 Å². The number of carboxylic acid groups (broad SMARTS) is 1. The number of carbonyl (C=O) groups is 2. The molecule has 0 saturated heterocycles. The summed E-state index contributed by atoms with van der Waals surface area (Å²) in [5, 5.41) is 17.9. The summed E-state index contributed by atoms with van der Waals surface area (Å²) in [5.41, 5.74) is 1.66. The van der Waals surface area contributed by atoms with E-state index in [0.29, 0.717) is 11.3 Å². The van der Waals surface area contributed by atoms with Crippen LogP contribution in [0, 0.1) is 13.8 Å². The number of benzene rings is 1. The van der Waals surface area contributed by atoms with Gasteiger partial charge in [0, 0.05) is 11.3 Å². The second-order valence-corrected chi connectivity index (χ2v) is 4.15. The minimum absolute atomic E-state index is 0.0260. The van der Waals surface area contributed by atoms with Gasteiger partial charge in [-0.25, -0.2) is 4.79 Å². The van der Waals surface area contributed by atoms with Gasteiger partial charge in [-0.15, -0.1) is 0 Å². The van der Waals surface area contributed by atoms with Crippen LogP contribution in [0.4, 0.5) is 5.82 Å². The number of amides is 1. The first-order valence-corrected chi connectivity index (χ1v) is 5.66. The SMILES string of the molecule is Cc1ccccc1C(=O)Nc1n[nH]c(C)c1C(=O)O. The Morgan fingerprint density at radius 3 is 2.58 bits per heavy atom. The molecule has 19 heavy (non-hydrogen) atoms. The predicted molar refractivity (Wildman–Crippen MR) is 69.4 cm³/mol. The highest BCUT2D eigenvalue weighted by Gasteiger charge is 2.19. The van der Waals surface area contributed by atoms with Crippen LogP contribution in [-0.4, -0.2) is 27.2 Å². The third kappa shape index (κ3) is 2.47. The smallest absolute Gasteiger partial charge is 0.341 e. The molecule has 98 valence electrons. The maximum absolute atomic E-state index is 12.1. The molecule has 0 unspecified atom stereocenters. The molecule has 0 radical (unpaired) electrons. The first-order valence-electron chi connectivity index (χ1n) is 5.66. The molecule has 2 rings (SSSR count). The van der Waals surface area contributed by atoms with Crippen LogP contribution >= 0.6 is 0 Å². The molecular formula is C13H13N3O3. The molecule has 0 spiro atoms. The monoisotopic (exact) mass is 259 g/mol. The second kappa shape index (κ2) is 4.93. The summed E-state index contributed by atoms with van der Waals surface area (Å²) in [5.74, 6) is -1.49. The summed E-state index contributed by atoms with van der Waals surface area (Å²) in [6.07, 6.45) is 0. The van der Waals surface area contributed by atoms with Crippen molar-refractivity contribution in [1.29, 1.82) is 0 Å². The van der Waals surface area contributed by atoms with Crippen molar-refractivity contribution in [3.63, 3.8) is 0 Å². The first-order chi connectivity index (χ1) is 9.00. The number of carboxylic acids is 1. The molecule has 0 aliphatic heterocycles. The fourth-order valence-electron chi connectivity index (χ4n) is 1.78. The largest absolute Gasteiger partial charge is 0.477 e. The summed E-state index contributed by atoms with van der Waals surface area (Å²) >= 11 is 0. The Labute approximate surface area is 109 Å². The standard InChI is InChI=1S/C13H13N3O3/c1-7-5-3-4-6-9(7)12(17)14-11-10(13(18)19)8(2)15-16-11/h3-6H,1-2H3,(H,18,19)(H2,14,15,16,17). The first kappa shape index (κ1) is 12.8. The van der Waals surface area contributed by atoms with Crippen molar-refractivity contribution in [3.05, 3.63) is 46.6 Å². The number of aromatic carboxylic acids is 1. The Morgan fingerprint density at radius 1 is 1.26 bits per heavy atom. The van der Waals surface area contributed by atoms with Gasteiger partial charge in [-0.3, -0.25) is 9.89 Å². The number of hydrogen-bond donors (Lipinski definition) is 3. The van der Waals surface area contributed by atoms with Gasteiger partial charge >= 0.3 is 5.97 Å². The van der Waals surface area contributed by atoms with Crippen LogP contribution in [0.5, 0.6) is 0 Å². The van der Waals surface area contributed by atoms with E-state index < -0.39 is 5.97 Å². The van der Waals surface area contributed by atoms with Crippen molar-refractivity contribution in [3.8, 4) is 0 Å². The molecule has 0 saturated carbocycles. The van der Waals surface area contributed by atoms with Crippen molar-refractivity contribution >= 4 is 17.7 Å². The van der Waals surface area contributed by atoms with Crippen LogP contribution in [0.3, 0.4) is 0 Å². The normalized spacial score (nSPS) is 10.2. The molecule has 1 aromatic heterocycles. The fourth-order valence-corrected chi connectivity index (χ4v) is 1.78. The Kier molecular flexibility index (Phi) is 3.33. The van der Waals surface area contributed by atoms with Gasteiger partial charge in [0.2, 0.25) is 0 Å². The minimum atomic E-state index is -1.13. The highest BCUT2D eigenvalue weighted by Crippen LogP contribution is 2.17. The van der Waals surface area contributed by atoms with E-state index >= 15 is 0 Å². The quantitative estimate of drug-likeness (QED) is 0.785. The van der Waals surface area contributed by atoms with Crippen LogP contribution in [0.1, 0.15) is 32.0 Å². The van der Waals surface area contributed by atoms with E-state index in [0.717, 1.165) is 5.56 Å². The van der Waals surface area contributed by atoms with E-state index in [-0.39, 0.29) is 17.3 Å². The van der Waals surface area contributed by atoms with Gasteiger partial charge in [0.15, 0.2) is 5.82 Å². The van der Waals surface area contributed by atoms with Crippen molar-refractivity contribution in [2.45, 2.75) is 13.8 Å². The number of rotatable bonds is 3. The number of aromatic nitrogens is 2. The molecule has 0 bridgehead atoms. The average molecular weight is 259 g/mol. The summed E-state index contributed by atoms with van der Waals surface area (Å²) < 4.78 is 0. The number of nitrogens with one attached hydrogen (secondary N) is 2. The van der Waals surface area contributed by atoms with Crippen molar-refractivity contribution in [2.24, 2.45) is 0 Å². The van der Waals surface area contributed by atoms with Crippen LogP contribution in [0.15, 0.2) is 24.3 Å². The number of nitrogens with zero attached hydrogens (tertiary/aromatic N) is 1. The highest BCUT2D eigenvalue weighted by molar-refractivity contribution is 6.07. The van der Waals surface area contributed by atoms with E-state index in [1.54, 1.807) is 19.1 Å². The molecule has 0 aliphatic carbocycles. The lowest BCUT2D eigenvalue weighted by atomic mass is 10.1. The number of anilines is 1. The topological polar surface area (TPSA) is 95.1 Å². The Balaban J connectivity index is 2.30. The molecule has 6 nitrogen and oxygen atoms in total. The molecule has 0 fully saturated rings. The van der Waals surface area contributed by atoms with Crippen molar-refractivity contribution < 1.29 is 14.7 Å². The van der Waals surface area contributed by atoms with Crippen molar-refractivity contribution in [2.75, 3.05) is 5.32 Å². The van der Waals surface area contributed by atoms with Gasteiger partial charge < -0.3 is 10.4 Å². The maximum Gasteiger partial charge on any atom is 0.341 e. The van der Waals surface area contributed by atoms with E-state index in [4.69, 9.17) is 5.11 Å². The molecule has 2 aromatic rings. The van der Waals surface area contributed by atoms with Gasteiger partial charge in [-0.05, 0) is 25.5 Å². The summed E-state index contributed by atoms with van der Waals surface area (Å²) in [6.45, 7) is 3.39. The number of aryl methyl sites for hydroxylation is 2. The van der Waals surface area contributed by atoms with Crippen LogP contribution in [0.25, 0.3) is 0 Å². The lowest BCUT2D eigenvalue weighted by molar-refractivity contribution is 0.0697. The summed E-state index contributed by atoms with van der Waals surface area (Å²) in [4.78, 5) is 23.1. The number of carbonyl (C=O) groups excluding carboxylic acids is 1. The summed E-state index contributed by atoms with van der Waals surface area (Å²) in [7, 11) is 0. The average Bonchev–Trinajstić information content (AvgIpc) is 2.70. The minimum Gasteiger partial charge on any atom is -0.477 e. The van der Waals surface area contributed by atoms with Gasteiger partial charge in [0.1, 0.15) is 5.56 Å². The fraction of sp³-hybridized carbons (Fsp3) is 0.154. The van der Waals surface area contributed by atoms with Crippen LogP contribution in [0.2, 0.25) is 0 Å². The van der Waals surface area contributed by atoms with Crippen molar-refractivity contribution in [1.82, 2.24) is 10.2 Å². The van der Waals surface area contributed by atoms with Gasteiger partial charge in [-0.2, -0.15) is 5.10 Å². The zero-order chi connectivity index (χ0) is 14.0. The molecule has 0 aliphatic rings. The zero-order valence-corrected chi connectivity index (χ0v) is 10.5. The molecule has 3 N–H and O–H groups in total. The Hall–Kier alpha value is -2.63. The van der Waals surface area contributed by atoms with Gasteiger partial charge in [0.25, 0.3) is 5.91 Å². The summed E-state index contributed by atoms with van der Waals surface area (Å²) in [6, 6.07) is 7.05. The number of H-pyrrole nitrogens is 1.